The largest absolute Gasteiger partial charge is 0.464 e. The Labute approximate surface area is 112 Å². The van der Waals surface area contributed by atoms with Crippen LogP contribution in [0, 0.1) is 0 Å². The SMILES string of the molecule is CSCc1ccc(CNC2CCCS(=O)(=O)C2)o1. The lowest BCUT2D eigenvalue weighted by molar-refractivity contribution is 0.421. The molecule has 0 spiro atoms. The minimum Gasteiger partial charge on any atom is -0.464 e. The molecule has 6 heteroatoms. The minimum atomic E-state index is -2.84. The average molecular weight is 289 g/mol. The Morgan fingerprint density at radius 3 is 2.94 bits per heavy atom. The topological polar surface area (TPSA) is 59.3 Å². The molecule has 1 aliphatic rings. The molecule has 1 N–H and O–H groups in total. The van der Waals surface area contributed by atoms with Gasteiger partial charge in [0, 0.05) is 6.04 Å². The van der Waals surface area contributed by atoms with E-state index in [1.807, 2.05) is 18.4 Å². The van der Waals surface area contributed by atoms with E-state index in [0.717, 1.165) is 30.1 Å². The molecule has 1 fully saturated rings. The molecule has 1 aliphatic heterocycles. The first-order valence-corrected chi connectivity index (χ1v) is 9.31. The molecular formula is C12H19NO3S2. The third-order valence-electron chi connectivity index (χ3n) is 3.03. The van der Waals surface area contributed by atoms with Gasteiger partial charge in [0.15, 0.2) is 9.84 Å². The maximum absolute atomic E-state index is 11.5. The molecule has 18 heavy (non-hydrogen) atoms. The van der Waals surface area contributed by atoms with Crippen molar-refractivity contribution in [2.45, 2.75) is 31.2 Å². The third-order valence-corrected chi connectivity index (χ3v) is 5.43. The van der Waals surface area contributed by atoms with Gasteiger partial charge in [-0.2, -0.15) is 11.8 Å². The molecule has 1 unspecified atom stereocenters. The molecule has 2 rings (SSSR count). The van der Waals surface area contributed by atoms with Crippen molar-refractivity contribution in [2.75, 3.05) is 17.8 Å². The highest BCUT2D eigenvalue weighted by Crippen LogP contribution is 2.15. The Hall–Kier alpha value is -0.460. The molecule has 1 aromatic rings. The van der Waals surface area contributed by atoms with Gasteiger partial charge in [0.05, 0.1) is 23.8 Å². The number of thioether (sulfide) groups is 1. The lowest BCUT2D eigenvalue weighted by Crippen LogP contribution is -2.39. The van der Waals surface area contributed by atoms with Crippen LogP contribution in [-0.2, 0) is 22.1 Å². The first-order chi connectivity index (χ1) is 8.59. The second kappa shape index (κ2) is 6.12. The third kappa shape index (κ3) is 4.03. The maximum Gasteiger partial charge on any atom is 0.151 e. The van der Waals surface area contributed by atoms with Gasteiger partial charge >= 0.3 is 0 Å². The Morgan fingerprint density at radius 1 is 1.44 bits per heavy atom. The van der Waals surface area contributed by atoms with E-state index in [1.165, 1.54) is 0 Å². The molecule has 1 aromatic heterocycles. The van der Waals surface area contributed by atoms with Crippen LogP contribution in [0.1, 0.15) is 24.4 Å². The molecule has 0 saturated carbocycles. The van der Waals surface area contributed by atoms with Gasteiger partial charge in [0.1, 0.15) is 11.5 Å². The van der Waals surface area contributed by atoms with E-state index in [9.17, 15) is 8.42 Å². The Balaban J connectivity index is 1.83. The molecule has 0 aromatic carbocycles. The van der Waals surface area contributed by atoms with Crippen molar-refractivity contribution in [3.8, 4) is 0 Å². The first kappa shape index (κ1) is 14.0. The monoisotopic (exact) mass is 289 g/mol. The summed E-state index contributed by atoms with van der Waals surface area (Å²) in [7, 11) is -2.84. The van der Waals surface area contributed by atoms with Crippen LogP contribution in [0.4, 0.5) is 0 Å². The van der Waals surface area contributed by atoms with Gasteiger partial charge in [0.2, 0.25) is 0 Å². The number of furan rings is 1. The Kier molecular flexibility index (Phi) is 4.75. The fraction of sp³-hybridized carbons (Fsp3) is 0.667. The zero-order valence-corrected chi connectivity index (χ0v) is 12.1. The van der Waals surface area contributed by atoms with E-state index in [4.69, 9.17) is 4.42 Å². The van der Waals surface area contributed by atoms with Crippen molar-refractivity contribution in [3.05, 3.63) is 23.7 Å². The predicted molar refractivity (Wildman–Crippen MR) is 74.4 cm³/mol. The lowest BCUT2D eigenvalue weighted by Gasteiger charge is -2.22. The van der Waals surface area contributed by atoms with Crippen LogP contribution in [0.3, 0.4) is 0 Å². The summed E-state index contributed by atoms with van der Waals surface area (Å²) in [5.74, 6) is 3.31. The molecular weight excluding hydrogens is 270 g/mol. The van der Waals surface area contributed by atoms with Gasteiger partial charge in [-0.3, -0.25) is 0 Å². The van der Waals surface area contributed by atoms with Gasteiger partial charge in [-0.25, -0.2) is 8.42 Å². The van der Waals surface area contributed by atoms with Gasteiger partial charge in [-0.15, -0.1) is 0 Å². The molecule has 0 bridgehead atoms. The standard InChI is InChI=1S/C12H19NO3S2/c1-17-8-12-5-4-11(16-12)7-13-10-3-2-6-18(14,15)9-10/h4-5,10,13H,2-3,6-9H2,1H3. The van der Waals surface area contributed by atoms with Crippen molar-refractivity contribution >= 4 is 21.6 Å². The molecule has 1 atom stereocenters. The molecule has 0 aliphatic carbocycles. The molecule has 4 nitrogen and oxygen atoms in total. The highest BCUT2D eigenvalue weighted by molar-refractivity contribution is 7.97. The zero-order chi connectivity index (χ0) is 13.0. The number of rotatable bonds is 5. The summed E-state index contributed by atoms with van der Waals surface area (Å²) in [5, 5.41) is 3.27. The Bertz CT molecular complexity index is 481. The van der Waals surface area contributed by atoms with Crippen LogP contribution in [0.25, 0.3) is 0 Å². The summed E-state index contributed by atoms with van der Waals surface area (Å²) in [6.07, 6.45) is 3.72. The fourth-order valence-corrected chi connectivity index (χ4v) is 4.28. The van der Waals surface area contributed by atoms with Crippen LogP contribution >= 0.6 is 11.8 Å². The molecule has 2 heterocycles. The number of hydrogen-bond acceptors (Lipinski definition) is 5. The smallest absolute Gasteiger partial charge is 0.151 e. The molecule has 1 saturated heterocycles. The van der Waals surface area contributed by atoms with Gasteiger partial charge in [-0.1, -0.05) is 0 Å². The van der Waals surface area contributed by atoms with Crippen molar-refractivity contribution in [3.63, 3.8) is 0 Å². The molecule has 0 radical (unpaired) electrons. The minimum absolute atomic E-state index is 0.0675. The van der Waals surface area contributed by atoms with E-state index in [1.54, 1.807) is 11.8 Å². The van der Waals surface area contributed by atoms with Crippen molar-refractivity contribution in [1.82, 2.24) is 5.32 Å². The molecule has 0 amide bonds. The van der Waals surface area contributed by atoms with Crippen LogP contribution in [0.5, 0.6) is 0 Å². The summed E-state index contributed by atoms with van der Waals surface area (Å²) in [4.78, 5) is 0. The van der Waals surface area contributed by atoms with Crippen molar-refractivity contribution in [2.24, 2.45) is 0 Å². The van der Waals surface area contributed by atoms with Crippen LogP contribution in [0.2, 0.25) is 0 Å². The fourth-order valence-electron chi connectivity index (χ4n) is 2.17. The van der Waals surface area contributed by atoms with Crippen molar-refractivity contribution in [1.29, 1.82) is 0 Å². The van der Waals surface area contributed by atoms with E-state index in [2.05, 4.69) is 5.32 Å². The maximum atomic E-state index is 11.5. The van der Waals surface area contributed by atoms with E-state index in [0.29, 0.717) is 12.3 Å². The first-order valence-electron chi connectivity index (χ1n) is 6.09. The number of sulfone groups is 1. The number of hydrogen-bond donors (Lipinski definition) is 1. The van der Waals surface area contributed by atoms with Gasteiger partial charge < -0.3 is 9.73 Å². The van der Waals surface area contributed by atoms with Crippen LogP contribution in [-0.4, -0.2) is 32.2 Å². The average Bonchev–Trinajstić information content (AvgIpc) is 2.74. The molecule has 102 valence electrons. The van der Waals surface area contributed by atoms with Crippen LogP contribution < -0.4 is 5.32 Å². The van der Waals surface area contributed by atoms with Crippen LogP contribution in [0.15, 0.2) is 16.5 Å². The summed E-state index contributed by atoms with van der Waals surface area (Å²) in [5.41, 5.74) is 0. The van der Waals surface area contributed by atoms with E-state index >= 15 is 0 Å². The quantitative estimate of drug-likeness (QED) is 0.896. The summed E-state index contributed by atoms with van der Waals surface area (Å²) in [6.45, 7) is 0.606. The van der Waals surface area contributed by atoms with E-state index < -0.39 is 9.84 Å². The van der Waals surface area contributed by atoms with Crippen molar-refractivity contribution < 1.29 is 12.8 Å². The zero-order valence-electron chi connectivity index (χ0n) is 10.5. The summed E-state index contributed by atoms with van der Waals surface area (Å²) in [6, 6.07) is 4.00. The lowest BCUT2D eigenvalue weighted by atomic mass is 10.2. The van der Waals surface area contributed by atoms with Gasteiger partial charge in [-0.05, 0) is 31.2 Å². The number of nitrogens with one attached hydrogen (secondary N) is 1. The highest BCUT2D eigenvalue weighted by Gasteiger charge is 2.24. The summed E-state index contributed by atoms with van der Waals surface area (Å²) < 4.78 is 28.6. The van der Waals surface area contributed by atoms with E-state index in [-0.39, 0.29) is 11.8 Å². The Morgan fingerprint density at radius 2 is 2.22 bits per heavy atom. The summed E-state index contributed by atoms with van der Waals surface area (Å²) >= 11 is 1.72. The highest BCUT2D eigenvalue weighted by atomic mass is 32.2. The normalized spacial score (nSPS) is 23.1. The second-order valence-electron chi connectivity index (χ2n) is 4.64. The second-order valence-corrected chi connectivity index (χ2v) is 7.73. The predicted octanol–water partition coefficient (Wildman–Crippen LogP) is 1.81. The van der Waals surface area contributed by atoms with Gasteiger partial charge in [0.25, 0.3) is 0 Å².